The predicted molar refractivity (Wildman–Crippen MR) is 95.7 cm³/mol. The largest absolute Gasteiger partial charge is 0.508 e. The summed E-state index contributed by atoms with van der Waals surface area (Å²) in [6, 6.07) is 10.6. The zero-order valence-corrected chi connectivity index (χ0v) is 14.7. The molecular weight excluding hydrogens is 316 g/mol. The van der Waals surface area contributed by atoms with Gasteiger partial charge in [0.05, 0.1) is 11.1 Å². The van der Waals surface area contributed by atoms with Gasteiger partial charge in [-0.15, -0.1) is 0 Å². The number of nitrogens with zero attached hydrogens (tertiary/aromatic N) is 2. The molecule has 3 rings (SSSR count). The lowest BCUT2D eigenvalue weighted by molar-refractivity contribution is 0.0640. The molecule has 0 saturated heterocycles. The van der Waals surface area contributed by atoms with Gasteiger partial charge in [0.25, 0.3) is 11.8 Å². The number of phenols is 1. The van der Waals surface area contributed by atoms with Crippen molar-refractivity contribution in [2.75, 3.05) is 20.1 Å². The van der Waals surface area contributed by atoms with E-state index in [9.17, 15) is 14.7 Å². The average Bonchev–Trinajstić information content (AvgIpc) is 2.82. The van der Waals surface area contributed by atoms with Crippen LogP contribution in [0.5, 0.6) is 5.75 Å². The van der Waals surface area contributed by atoms with E-state index < -0.39 is 0 Å². The number of hydrogen-bond donors (Lipinski definition) is 1. The topological polar surface area (TPSA) is 60.9 Å². The van der Waals surface area contributed by atoms with E-state index in [-0.39, 0.29) is 17.6 Å². The minimum Gasteiger partial charge on any atom is -0.508 e. The number of likely N-dealkylation sites (N-methyl/N-ethyl adjacent to an activating group) is 1. The lowest BCUT2D eigenvalue weighted by atomic mass is 10.0. The highest BCUT2D eigenvalue weighted by molar-refractivity contribution is 6.21. The molecule has 0 spiro atoms. The fourth-order valence-corrected chi connectivity index (χ4v) is 3.07. The lowest BCUT2D eigenvalue weighted by Crippen LogP contribution is -2.36. The molecule has 1 N–H and O–H groups in total. The minimum atomic E-state index is -0.233. The van der Waals surface area contributed by atoms with Crippen molar-refractivity contribution in [1.29, 1.82) is 0 Å². The number of hydrogen-bond acceptors (Lipinski definition) is 4. The van der Waals surface area contributed by atoms with E-state index in [0.717, 1.165) is 16.7 Å². The minimum absolute atomic E-state index is 0.233. The number of imide groups is 1. The third kappa shape index (κ3) is 3.28. The Morgan fingerprint density at radius 3 is 2.16 bits per heavy atom. The summed E-state index contributed by atoms with van der Waals surface area (Å²) in [5, 5.41) is 10.1. The molecule has 2 aromatic carbocycles. The number of rotatable bonds is 5. The number of phenolic OH excluding ortho intramolecular Hbond substituents is 1. The molecule has 0 atom stereocenters. The van der Waals surface area contributed by atoms with Gasteiger partial charge in [0.2, 0.25) is 0 Å². The van der Waals surface area contributed by atoms with Crippen LogP contribution in [0.15, 0.2) is 36.4 Å². The summed E-state index contributed by atoms with van der Waals surface area (Å²) in [5.41, 5.74) is 3.97. The zero-order chi connectivity index (χ0) is 18.1. The Balaban J connectivity index is 1.64. The molecule has 0 fully saturated rings. The van der Waals surface area contributed by atoms with Gasteiger partial charge in [0.15, 0.2) is 0 Å². The highest BCUT2D eigenvalue weighted by atomic mass is 16.3. The lowest BCUT2D eigenvalue weighted by Gasteiger charge is -2.21. The standard InChI is InChI=1S/C20H22N2O3/c1-13-10-15(18(23)11-14(13)2)12-21(3)8-9-22-19(24)16-6-4-5-7-17(16)20(22)25/h4-7,10-11,23H,8-9,12H2,1-3H3. The van der Waals surface area contributed by atoms with Crippen LogP contribution >= 0.6 is 0 Å². The van der Waals surface area contributed by atoms with Crippen LogP contribution in [0.4, 0.5) is 0 Å². The number of carbonyl (C=O) groups excluding carboxylic acids is 2. The van der Waals surface area contributed by atoms with E-state index >= 15 is 0 Å². The Morgan fingerprint density at radius 2 is 1.56 bits per heavy atom. The van der Waals surface area contributed by atoms with Crippen LogP contribution in [-0.4, -0.2) is 46.9 Å². The fraction of sp³-hybridized carbons (Fsp3) is 0.300. The van der Waals surface area contributed by atoms with Crippen molar-refractivity contribution in [3.63, 3.8) is 0 Å². The SMILES string of the molecule is Cc1cc(O)c(CN(C)CCN2C(=O)c3ccccc3C2=O)cc1C. The first kappa shape index (κ1) is 17.2. The first-order valence-electron chi connectivity index (χ1n) is 8.31. The van der Waals surface area contributed by atoms with Crippen LogP contribution in [0.25, 0.3) is 0 Å². The van der Waals surface area contributed by atoms with Crippen molar-refractivity contribution in [2.24, 2.45) is 0 Å². The summed E-state index contributed by atoms with van der Waals surface area (Å²) in [7, 11) is 1.91. The Hall–Kier alpha value is -2.66. The van der Waals surface area contributed by atoms with Crippen LogP contribution in [-0.2, 0) is 6.54 Å². The van der Waals surface area contributed by atoms with Crippen molar-refractivity contribution >= 4 is 11.8 Å². The van der Waals surface area contributed by atoms with Crippen molar-refractivity contribution in [2.45, 2.75) is 20.4 Å². The van der Waals surface area contributed by atoms with Gasteiger partial charge in [-0.05, 0) is 50.2 Å². The first-order valence-corrected chi connectivity index (χ1v) is 8.31. The molecule has 2 aromatic rings. The number of benzene rings is 2. The second kappa shape index (κ2) is 6.69. The molecule has 130 valence electrons. The summed E-state index contributed by atoms with van der Waals surface area (Å²) >= 11 is 0. The second-order valence-corrected chi connectivity index (χ2v) is 6.61. The summed E-state index contributed by atoms with van der Waals surface area (Å²) in [6.45, 7) is 5.39. The zero-order valence-electron chi connectivity index (χ0n) is 14.7. The quantitative estimate of drug-likeness (QED) is 0.852. The monoisotopic (exact) mass is 338 g/mol. The number of aromatic hydroxyl groups is 1. The van der Waals surface area contributed by atoms with Crippen LogP contribution in [0.1, 0.15) is 37.4 Å². The first-order chi connectivity index (χ1) is 11.9. The molecule has 0 saturated carbocycles. The van der Waals surface area contributed by atoms with E-state index in [1.165, 1.54) is 4.90 Å². The Bertz CT molecular complexity index is 810. The molecule has 25 heavy (non-hydrogen) atoms. The van der Waals surface area contributed by atoms with Crippen molar-refractivity contribution in [3.05, 3.63) is 64.2 Å². The average molecular weight is 338 g/mol. The van der Waals surface area contributed by atoms with Gasteiger partial charge in [0.1, 0.15) is 5.75 Å². The van der Waals surface area contributed by atoms with E-state index in [2.05, 4.69) is 0 Å². The van der Waals surface area contributed by atoms with E-state index in [1.807, 2.05) is 31.9 Å². The van der Waals surface area contributed by atoms with Crippen LogP contribution in [0, 0.1) is 13.8 Å². The van der Waals surface area contributed by atoms with Gasteiger partial charge >= 0.3 is 0 Å². The number of aryl methyl sites for hydroxylation is 2. The molecule has 0 unspecified atom stereocenters. The second-order valence-electron chi connectivity index (χ2n) is 6.61. The number of carbonyl (C=O) groups is 2. The molecule has 2 amide bonds. The highest BCUT2D eigenvalue weighted by Crippen LogP contribution is 2.24. The van der Waals surface area contributed by atoms with Crippen molar-refractivity contribution in [3.8, 4) is 5.75 Å². The predicted octanol–water partition coefficient (Wildman–Crippen LogP) is 2.74. The van der Waals surface area contributed by atoms with Gasteiger partial charge in [-0.3, -0.25) is 14.5 Å². The summed E-state index contributed by atoms with van der Waals surface area (Å²) in [5.74, 6) is -0.193. The molecule has 1 heterocycles. The van der Waals surface area contributed by atoms with Crippen molar-refractivity contribution < 1.29 is 14.7 Å². The maximum Gasteiger partial charge on any atom is 0.261 e. The Labute approximate surface area is 147 Å². The Kier molecular flexibility index (Phi) is 4.59. The van der Waals surface area contributed by atoms with Crippen LogP contribution < -0.4 is 0 Å². The smallest absolute Gasteiger partial charge is 0.261 e. The molecule has 0 aromatic heterocycles. The third-order valence-electron chi connectivity index (χ3n) is 4.72. The molecule has 1 aliphatic rings. The van der Waals surface area contributed by atoms with E-state index in [0.29, 0.717) is 30.8 Å². The molecule has 1 aliphatic heterocycles. The van der Waals surface area contributed by atoms with E-state index in [4.69, 9.17) is 0 Å². The summed E-state index contributed by atoms with van der Waals surface area (Å²) < 4.78 is 0. The summed E-state index contributed by atoms with van der Waals surface area (Å²) in [6.07, 6.45) is 0. The molecule has 0 radical (unpaired) electrons. The Morgan fingerprint density at radius 1 is 1.00 bits per heavy atom. The number of amides is 2. The van der Waals surface area contributed by atoms with Gasteiger partial charge < -0.3 is 10.0 Å². The molecule has 0 aliphatic carbocycles. The molecule has 5 heteroatoms. The fourth-order valence-electron chi connectivity index (χ4n) is 3.07. The highest BCUT2D eigenvalue weighted by Gasteiger charge is 2.34. The van der Waals surface area contributed by atoms with Crippen LogP contribution in [0.2, 0.25) is 0 Å². The number of fused-ring (bicyclic) bond motifs is 1. The van der Waals surface area contributed by atoms with Crippen molar-refractivity contribution in [1.82, 2.24) is 9.80 Å². The normalized spacial score (nSPS) is 13.7. The van der Waals surface area contributed by atoms with Gasteiger partial charge in [-0.2, -0.15) is 0 Å². The van der Waals surface area contributed by atoms with Crippen LogP contribution in [0.3, 0.4) is 0 Å². The molecular formula is C20H22N2O3. The maximum absolute atomic E-state index is 12.4. The van der Waals surface area contributed by atoms with E-state index in [1.54, 1.807) is 30.3 Å². The van der Waals surface area contributed by atoms with Gasteiger partial charge in [-0.1, -0.05) is 18.2 Å². The van der Waals surface area contributed by atoms with Gasteiger partial charge in [0, 0.05) is 25.2 Å². The summed E-state index contributed by atoms with van der Waals surface area (Å²) in [4.78, 5) is 28.0. The third-order valence-corrected chi connectivity index (χ3v) is 4.72. The molecule has 5 nitrogen and oxygen atoms in total. The van der Waals surface area contributed by atoms with Gasteiger partial charge in [-0.25, -0.2) is 0 Å². The molecule has 0 bridgehead atoms. The maximum atomic E-state index is 12.4.